The van der Waals surface area contributed by atoms with Crippen LogP contribution in [0.4, 0.5) is 0 Å². The number of amides is 1. The molecule has 0 bridgehead atoms. The summed E-state index contributed by atoms with van der Waals surface area (Å²) in [5.41, 5.74) is 3.67. The molecule has 2 aromatic carbocycles. The number of carbonyl (C=O) groups excluding carboxylic acids is 1. The number of halogens is 3. The van der Waals surface area contributed by atoms with Crippen molar-refractivity contribution in [1.82, 2.24) is 5.43 Å². The summed E-state index contributed by atoms with van der Waals surface area (Å²) in [5, 5.41) is 14.7. The first-order chi connectivity index (χ1) is 11.5. The number of hydrogen-bond acceptors (Lipinski definition) is 4. The highest BCUT2D eigenvalue weighted by atomic mass is 35.5. The highest BCUT2D eigenvalue weighted by Crippen LogP contribution is 2.29. The van der Waals surface area contributed by atoms with Gasteiger partial charge in [0.15, 0.2) is 0 Å². The molecule has 4 nitrogen and oxygen atoms in total. The van der Waals surface area contributed by atoms with Gasteiger partial charge in [-0.3, -0.25) is 4.79 Å². The molecule has 0 aliphatic rings. The molecule has 126 valence electrons. The Kier molecular flexibility index (Phi) is 7.24. The van der Waals surface area contributed by atoms with Crippen molar-refractivity contribution in [2.24, 2.45) is 5.10 Å². The lowest BCUT2D eigenvalue weighted by molar-refractivity contribution is -0.118. The van der Waals surface area contributed by atoms with Crippen LogP contribution in [-0.4, -0.2) is 23.0 Å². The molecule has 0 fully saturated rings. The maximum absolute atomic E-state index is 11.7. The fraction of sp³-hybridized carbons (Fsp3) is 0.125. The van der Waals surface area contributed by atoms with Crippen molar-refractivity contribution >= 4 is 58.7 Å². The third-order valence-electron chi connectivity index (χ3n) is 2.90. The summed E-state index contributed by atoms with van der Waals surface area (Å²) in [7, 11) is 0. The summed E-state index contributed by atoms with van der Waals surface area (Å²) >= 11 is 19.1. The van der Waals surface area contributed by atoms with Crippen molar-refractivity contribution in [2.75, 3.05) is 5.75 Å². The van der Waals surface area contributed by atoms with E-state index in [1.807, 2.05) is 24.3 Å². The Bertz CT molecular complexity index is 769. The standard InChI is InChI=1S/C16H13Cl3N2O2S/c17-12-5-11(16(23)14(19)6-12)7-20-21-15(22)9-24-8-10-3-1-2-4-13(10)18/h1-7,23H,8-9H2,(H,21,22)/b20-7-. The van der Waals surface area contributed by atoms with Crippen LogP contribution in [0, 0.1) is 0 Å². The Labute approximate surface area is 158 Å². The molecule has 8 heteroatoms. The second-order valence-electron chi connectivity index (χ2n) is 4.70. The molecule has 24 heavy (non-hydrogen) atoms. The number of thioether (sulfide) groups is 1. The zero-order chi connectivity index (χ0) is 17.5. The SMILES string of the molecule is O=C(CSCc1ccccc1Cl)N/N=C\c1cc(Cl)cc(Cl)c1O. The molecule has 0 heterocycles. The van der Waals surface area contributed by atoms with Gasteiger partial charge in [-0.1, -0.05) is 53.0 Å². The van der Waals surface area contributed by atoms with Gasteiger partial charge in [-0.25, -0.2) is 5.43 Å². The quantitative estimate of drug-likeness (QED) is 0.541. The first kappa shape index (κ1) is 18.9. The number of phenolic OH excluding ortho intramolecular Hbond substituents is 1. The highest BCUT2D eigenvalue weighted by Gasteiger charge is 2.06. The molecular formula is C16H13Cl3N2O2S. The molecular weight excluding hydrogens is 391 g/mol. The number of nitrogens with zero attached hydrogens (tertiary/aromatic N) is 1. The van der Waals surface area contributed by atoms with E-state index in [4.69, 9.17) is 34.8 Å². The number of rotatable bonds is 6. The second kappa shape index (κ2) is 9.18. The van der Waals surface area contributed by atoms with E-state index in [0.717, 1.165) is 5.56 Å². The van der Waals surface area contributed by atoms with Crippen molar-refractivity contribution < 1.29 is 9.90 Å². The number of benzene rings is 2. The average Bonchev–Trinajstić information content (AvgIpc) is 2.54. The molecule has 2 rings (SSSR count). The Balaban J connectivity index is 1.82. The number of hydrogen-bond donors (Lipinski definition) is 2. The van der Waals surface area contributed by atoms with Crippen molar-refractivity contribution in [3.05, 3.63) is 62.6 Å². The zero-order valence-electron chi connectivity index (χ0n) is 12.3. The summed E-state index contributed by atoms with van der Waals surface area (Å²) < 4.78 is 0. The Morgan fingerprint density at radius 3 is 2.71 bits per heavy atom. The van der Waals surface area contributed by atoms with Gasteiger partial charge >= 0.3 is 0 Å². The van der Waals surface area contributed by atoms with Crippen LogP contribution in [0.15, 0.2) is 41.5 Å². The molecule has 0 saturated heterocycles. The highest BCUT2D eigenvalue weighted by molar-refractivity contribution is 7.99. The number of aromatic hydroxyl groups is 1. The van der Waals surface area contributed by atoms with Crippen LogP contribution in [0.1, 0.15) is 11.1 Å². The van der Waals surface area contributed by atoms with Crippen LogP contribution in [0.3, 0.4) is 0 Å². The molecule has 0 saturated carbocycles. The summed E-state index contributed by atoms with van der Waals surface area (Å²) in [6.45, 7) is 0. The van der Waals surface area contributed by atoms with Crippen LogP contribution in [0.2, 0.25) is 15.1 Å². The van der Waals surface area contributed by atoms with Gasteiger partial charge in [0.05, 0.1) is 17.0 Å². The number of nitrogens with one attached hydrogen (secondary N) is 1. The Morgan fingerprint density at radius 1 is 1.21 bits per heavy atom. The number of carbonyl (C=O) groups is 1. The van der Waals surface area contributed by atoms with Crippen LogP contribution in [0.25, 0.3) is 0 Å². The smallest absolute Gasteiger partial charge is 0.250 e. The van der Waals surface area contributed by atoms with E-state index >= 15 is 0 Å². The van der Waals surface area contributed by atoms with Crippen molar-refractivity contribution in [1.29, 1.82) is 0 Å². The van der Waals surface area contributed by atoms with Crippen LogP contribution in [-0.2, 0) is 10.5 Å². The fourth-order valence-electron chi connectivity index (χ4n) is 1.76. The van der Waals surface area contributed by atoms with E-state index in [1.165, 1.54) is 30.1 Å². The van der Waals surface area contributed by atoms with Gasteiger partial charge in [-0.05, 0) is 23.8 Å². The van der Waals surface area contributed by atoms with Crippen molar-refractivity contribution in [3.63, 3.8) is 0 Å². The average molecular weight is 404 g/mol. The van der Waals surface area contributed by atoms with Gasteiger partial charge in [-0.15, -0.1) is 11.8 Å². The number of phenols is 1. The molecule has 0 aliphatic heterocycles. The molecule has 2 aromatic rings. The summed E-state index contributed by atoms with van der Waals surface area (Å²) in [6.07, 6.45) is 1.28. The Morgan fingerprint density at radius 2 is 1.96 bits per heavy atom. The molecule has 0 spiro atoms. The molecule has 1 amide bonds. The monoisotopic (exact) mass is 402 g/mol. The summed E-state index contributed by atoms with van der Waals surface area (Å²) in [5.74, 6) is 0.440. The van der Waals surface area contributed by atoms with Gasteiger partial charge < -0.3 is 5.11 Å². The van der Waals surface area contributed by atoms with Gasteiger partial charge in [0, 0.05) is 21.4 Å². The van der Waals surface area contributed by atoms with Crippen LogP contribution in [0.5, 0.6) is 5.75 Å². The maximum atomic E-state index is 11.7. The lowest BCUT2D eigenvalue weighted by Crippen LogP contribution is -2.19. The summed E-state index contributed by atoms with van der Waals surface area (Å²) in [6, 6.07) is 10.4. The minimum absolute atomic E-state index is 0.116. The predicted octanol–water partition coefficient (Wildman–Crippen LogP) is 4.74. The van der Waals surface area contributed by atoms with Gasteiger partial charge in [0.2, 0.25) is 5.91 Å². The molecule has 0 aromatic heterocycles. The lowest BCUT2D eigenvalue weighted by atomic mass is 10.2. The van der Waals surface area contributed by atoms with Gasteiger partial charge in [0.1, 0.15) is 5.75 Å². The zero-order valence-corrected chi connectivity index (χ0v) is 15.4. The van der Waals surface area contributed by atoms with Crippen LogP contribution < -0.4 is 5.43 Å². The minimum Gasteiger partial charge on any atom is -0.506 e. The predicted molar refractivity (Wildman–Crippen MR) is 101 cm³/mol. The molecule has 0 aliphatic carbocycles. The molecule has 0 atom stereocenters. The maximum Gasteiger partial charge on any atom is 0.250 e. The largest absolute Gasteiger partial charge is 0.506 e. The molecule has 0 radical (unpaired) electrons. The van der Waals surface area contributed by atoms with E-state index in [2.05, 4.69) is 10.5 Å². The van der Waals surface area contributed by atoms with Crippen LogP contribution >= 0.6 is 46.6 Å². The first-order valence-electron chi connectivity index (χ1n) is 6.78. The third kappa shape index (κ3) is 5.60. The summed E-state index contributed by atoms with van der Waals surface area (Å²) in [4.78, 5) is 11.7. The van der Waals surface area contributed by atoms with E-state index in [1.54, 1.807) is 0 Å². The van der Waals surface area contributed by atoms with E-state index in [-0.39, 0.29) is 22.4 Å². The van der Waals surface area contributed by atoms with E-state index in [9.17, 15) is 9.90 Å². The first-order valence-corrected chi connectivity index (χ1v) is 9.07. The van der Waals surface area contributed by atoms with Crippen molar-refractivity contribution in [2.45, 2.75) is 5.75 Å². The van der Waals surface area contributed by atoms with Gasteiger partial charge in [0.25, 0.3) is 0 Å². The van der Waals surface area contributed by atoms with E-state index < -0.39 is 0 Å². The lowest BCUT2D eigenvalue weighted by Gasteiger charge is -2.04. The van der Waals surface area contributed by atoms with E-state index in [0.29, 0.717) is 21.4 Å². The molecule has 0 unspecified atom stereocenters. The minimum atomic E-state index is -0.268. The fourth-order valence-corrected chi connectivity index (χ4v) is 3.37. The second-order valence-corrected chi connectivity index (χ2v) is 6.94. The van der Waals surface area contributed by atoms with Gasteiger partial charge in [-0.2, -0.15) is 5.10 Å². The number of hydrazone groups is 1. The topological polar surface area (TPSA) is 61.7 Å². The van der Waals surface area contributed by atoms with Crippen molar-refractivity contribution in [3.8, 4) is 5.75 Å². The Hall–Kier alpha value is -1.40. The third-order valence-corrected chi connectivity index (χ3v) is 4.76. The molecule has 2 N–H and O–H groups in total. The normalized spacial score (nSPS) is 11.0.